The molecular weight excluding hydrogens is 376 g/mol. The Balaban J connectivity index is 1.86. The fourth-order valence-corrected chi connectivity index (χ4v) is 2.74. The molecule has 0 atom stereocenters. The molecule has 0 aliphatic rings. The largest absolute Gasteiger partial charge is 0.508 e. The Morgan fingerprint density at radius 1 is 1.07 bits per heavy atom. The third kappa shape index (κ3) is 4.29. The van der Waals surface area contributed by atoms with Gasteiger partial charge in [0.05, 0.1) is 6.61 Å². The van der Waals surface area contributed by atoms with Crippen LogP contribution in [0.5, 0.6) is 11.5 Å². The smallest absolute Gasteiger partial charge is 0.349 e. The van der Waals surface area contributed by atoms with Crippen LogP contribution in [-0.4, -0.2) is 29.1 Å². The van der Waals surface area contributed by atoms with Crippen LogP contribution in [0, 0.1) is 0 Å². The number of phenolic OH excluding ortho intramolecular Hbond substituents is 1. The lowest BCUT2D eigenvalue weighted by molar-refractivity contribution is -0.158. The molecule has 0 radical (unpaired) electrons. The number of hydrogen-bond donors (Lipinski definition) is 1. The summed E-state index contributed by atoms with van der Waals surface area (Å²) in [4.78, 5) is 36.9. The Bertz CT molecular complexity index is 1120. The van der Waals surface area contributed by atoms with Gasteiger partial charge in [0.1, 0.15) is 22.6 Å². The summed E-state index contributed by atoms with van der Waals surface area (Å²) >= 11 is 0. The van der Waals surface area contributed by atoms with Gasteiger partial charge in [0.25, 0.3) is 0 Å². The minimum Gasteiger partial charge on any atom is -0.508 e. The molecule has 7 nitrogen and oxygen atoms in total. The number of benzene rings is 2. The second kappa shape index (κ2) is 7.79. The molecule has 2 aromatic carbocycles. The zero-order chi connectivity index (χ0) is 21.2. The minimum atomic E-state index is -1.19. The number of esters is 1. The summed E-state index contributed by atoms with van der Waals surface area (Å²) in [7, 11) is 0. The quantitative estimate of drug-likeness (QED) is 0.387. The topological polar surface area (TPSA) is 103 Å². The zero-order valence-electron chi connectivity index (χ0n) is 16.2. The average molecular weight is 396 g/mol. The van der Waals surface area contributed by atoms with Crippen molar-refractivity contribution in [1.82, 2.24) is 0 Å². The number of aromatic hydroxyl groups is 1. The maximum absolute atomic E-state index is 12.7. The number of hydrogen-bond acceptors (Lipinski definition) is 7. The number of ether oxygens (including phenoxy) is 2. The highest BCUT2D eigenvalue weighted by Gasteiger charge is 2.31. The lowest BCUT2D eigenvalue weighted by Crippen LogP contribution is -2.39. The van der Waals surface area contributed by atoms with Gasteiger partial charge in [-0.3, -0.25) is 4.79 Å². The van der Waals surface area contributed by atoms with Crippen molar-refractivity contribution in [3.8, 4) is 11.5 Å². The van der Waals surface area contributed by atoms with Crippen LogP contribution >= 0.6 is 0 Å². The van der Waals surface area contributed by atoms with E-state index in [1.165, 1.54) is 48.5 Å². The van der Waals surface area contributed by atoms with E-state index in [0.717, 1.165) is 0 Å². The molecule has 0 spiro atoms. The number of rotatable bonds is 6. The van der Waals surface area contributed by atoms with Crippen molar-refractivity contribution in [2.24, 2.45) is 0 Å². The van der Waals surface area contributed by atoms with Crippen molar-refractivity contribution in [2.45, 2.75) is 26.4 Å². The molecule has 1 aromatic heterocycles. The molecule has 0 aliphatic heterocycles. The summed E-state index contributed by atoms with van der Waals surface area (Å²) < 4.78 is 15.8. The number of carbonyl (C=O) groups excluding carboxylic acids is 2. The van der Waals surface area contributed by atoms with Gasteiger partial charge in [-0.2, -0.15) is 0 Å². The Kier molecular flexibility index (Phi) is 5.41. The molecule has 0 saturated heterocycles. The van der Waals surface area contributed by atoms with Gasteiger partial charge in [-0.15, -0.1) is 0 Å². The second-order valence-electron chi connectivity index (χ2n) is 6.86. The summed E-state index contributed by atoms with van der Waals surface area (Å²) in [6.07, 6.45) is 0. The molecular formula is C22H20O7. The Labute approximate surface area is 166 Å². The van der Waals surface area contributed by atoms with Crippen LogP contribution in [0.4, 0.5) is 0 Å². The van der Waals surface area contributed by atoms with Crippen molar-refractivity contribution >= 4 is 22.7 Å². The highest BCUT2D eigenvalue weighted by Crippen LogP contribution is 2.23. The summed E-state index contributed by atoms with van der Waals surface area (Å²) in [5, 5.41) is 10.0. The van der Waals surface area contributed by atoms with Crippen molar-refractivity contribution in [1.29, 1.82) is 0 Å². The highest BCUT2D eigenvalue weighted by molar-refractivity contribution is 6.09. The van der Waals surface area contributed by atoms with E-state index < -0.39 is 23.0 Å². The van der Waals surface area contributed by atoms with Gasteiger partial charge in [-0.05, 0) is 69.3 Å². The van der Waals surface area contributed by atoms with Gasteiger partial charge >= 0.3 is 11.6 Å². The molecule has 1 heterocycles. The zero-order valence-corrected chi connectivity index (χ0v) is 16.2. The van der Waals surface area contributed by atoms with Crippen molar-refractivity contribution in [3.05, 3.63) is 70.1 Å². The molecule has 1 N–H and O–H groups in total. The van der Waals surface area contributed by atoms with E-state index in [4.69, 9.17) is 13.9 Å². The standard InChI is InChI=1S/C22H20O7/c1-4-27-21(26)22(2,3)29-16-8-5-13(6-9-16)19(24)17-12-14-11-15(23)7-10-18(14)28-20(17)25/h5-12,23H,4H2,1-3H3. The summed E-state index contributed by atoms with van der Waals surface area (Å²) in [6, 6.07) is 11.7. The SMILES string of the molecule is CCOC(=O)C(C)(C)Oc1ccc(C(=O)c2cc3cc(O)ccc3oc2=O)cc1. The normalized spacial score (nSPS) is 11.3. The number of carbonyl (C=O) groups is 2. The molecule has 0 aliphatic carbocycles. The van der Waals surface area contributed by atoms with E-state index in [-0.39, 0.29) is 29.1 Å². The van der Waals surface area contributed by atoms with E-state index in [0.29, 0.717) is 11.1 Å². The molecule has 0 saturated carbocycles. The van der Waals surface area contributed by atoms with Gasteiger partial charge in [-0.1, -0.05) is 0 Å². The number of fused-ring (bicyclic) bond motifs is 1. The second-order valence-corrected chi connectivity index (χ2v) is 6.86. The minimum absolute atomic E-state index is 0.00420. The fourth-order valence-electron chi connectivity index (χ4n) is 2.74. The first-order chi connectivity index (χ1) is 13.7. The van der Waals surface area contributed by atoms with Crippen molar-refractivity contribution in [2.75, 3.05) is 6.61 Å². The molecule has 29 heavy (non-hydrogen) atoms. The molecule has 0 fully saturated rings. The Morgan fingerprint density at radius 3 is 2.41 bits per heavy atom. The van der Waals surface area contributed by atoms with E-state index >= 15 is 0 Å². The fraction of sp³-hybridized carbons (Fsp3) is 0.227. The van der Waals surface area contributed by atoms with E-state index in [1.54, 1.807) is 20.8 Å². The summed E-state index contributed by atoms with van der Waals surface area (Å²) in [6.45, 7) is 5.11. The third-order valence-corrected chi connectivity index (χ3v) is 4.22. The van der Waals surface area contributed by atoms with E-state index in [9.17, 15) is 19.5 Å². The van der Waals surface area contributed by atoms with Crippen LogP contribution in [0.1, 0.15) is 36.7 Å². The Morgan fingerprint density at radius 2 is 1.76 bits per heavy atom. The summed E-state index contributed by atoms with van der Waals surface area (Å²) in [5.74, 6) is -0.664. The van der Waals surface area contributed by atoms with Gasteiger partial charge in [0.2, 0.25) is 0 Å². The molecule has 3 rings (SSSR count). The lowest BCUT2D eigenvalue weighted by atomic mass is 10.0. The van der Waals surface area contributed by atoms with Gasteiger partial charge < -0.3 is 19.0 Å². The van der Waals surface area contributed by atoms with Gasteiger partial charge in [0.15, 0.2) is 11.4 Å². The van der Waals surface area contributed by atoms with E-state index in [2.05, 4.69) is 0 Å². The van der Waals surface area contributed by atoms with Crippen LogP contribution in [-0.2, 0) is 9.53 Å². The molecule has 0 unspecified atom stereocenters. The summed E-state index contributed by atoms with van der Waals surface area (Å²) in [5.41, 5.74) is -1.59. The molecule has 3 aromatic rings. The highest BCUT2D eigenvalue weighted by atomic mass is 16.6. The van der Waals surface area contributed by atoms with Gasteiger partial charge in [-0.25, -0.2) is 9.59 Å². The third-order valence-electron chi connectivity index (χ3n) is 4.22. The van der Waals surface area contributed by atoms with Crippen LogP contribution < -0.4 is 10.4 Å². The van der Waals surface area contributed by atoms with Crippen LogP contribution in [0.2, 0.25) is 0 Å². The van der Waals surface area contributed by atoms with E-state index in [1.807, 2.05) is 0 Å². The molecule has 150 valence electrons. The molecule has 0 bridgehead atoms. The predicted octanol–water partition coefficient (Wildman–Crippen LogP) is 3.45. The molecule has 7 heteroatoms. The molecule has 0 amide bonds. The van der Waals surface area contributed by atoms with Crippen molar-refractivity contribution < 1.29 is 28.6 Å². The van der Waals surface area contributed by atoms with Crippen molar-refractivity contribution in [3.63, 3.8) is 0 Å². The predicted molar refractivity (Wildman–Crippen MR) is 105 cm³/mol. The Hall–Kier alpha value is -3.61. The van der Waals surface area contributed by atoms with Crippen LogP contribution in [0.15, 0.2) is 57.7 Å². The number of phenols is 1. The van der Waals surface area contributed by atoms with Gasteiger partial charge in [0, 0.05) is 10.9 Å². The first-order valence-electron chi connectivity index (χ1n) is 8.99. The monoisotopic (exact) mass is 396 g/mol. The number of ketones is 1. The first kappa shape index (κ1) is 20.1. The first-order valence-corrected chi connectivity index (χ1v) is 8.99. The van der Waals surface area contributed by atoms with Crippen LogP contribution in [0.3, 0.4) is 0 Å². The van der Waals surface area contributed by atoms with Crippen LogP contribution in [0.25, 0.3) is 11.0 Å². The average Bonchev–Trinajstić information content (AvgIpc) is 2.68. The lowest BCUT2D eigenvalue weighted by Gasteiger charge is -2.24. The maximum atomic E-state index is 12.7. The maximum Gasteiger partial charge on any atom is 0.349 e.